The van der Waals surface area contributed by atoms with Crippen molar-refractivity contribution in [1.82, 2.24) is 9.97 Å². The van der Waals surface area contributed by atoms with E-state index in [1.165, 1.54) is 6.33 Å². The molecule has 0 saturated carbocycles. The Bertz CT molecular complexity index is 1100. The van der Waals surface area contributed by atoms with Gasteiger partial charge in [-0.15, -0.1) is 11.6 Å². The molecule has 3 aromatic rings. The summed E-state index contributed by atoms with van der Waals surface area (Å²) in [5.41, 5.74) is 8.46. The molecule has 0 aliphatic heterocycles. The fourth-order valence-electron chi connectivity index (χ4n) is 3.10. The maximum Gasteiger partial charge on any atom is 0.155 e. The maximum absolute atomic E-state index is 9.56. The molecule has 2 aromatic carbocycles. The molecule has 1 heterocycles. The highest BCUT2D eigenvalue weighted by atomic mass is 35.5. The Kier molecular flexibility index (Phi) is 7.21. The van der Waals surface area contributed by atoms with Gasteiger partial charge in [0.25, 0.3) is 0 Å². The van der Waals surface area contributed by atoms with Gasteiger partial charge in [-0.05, 0) is 35.4 Å². The molecule has 0 unspecified atom stereocenters. The van der Waals surface area contributed by atoms with E-state index in [4.69, 9.17) is 38.4 Å². The number of benzene rings is 2. The normalized spacial score (nSPS) is 11.1. The lowest BCUT2D eigenvalue weighted by molar-refractivity contribution is 0.306. The summed E-state index contributed by atoms with van der Waals surface area (Å²) in [6, 6.07) is 13.5. The summed E-state index contributed by atoms with van der Waals surface area (Å²) in [6.45, 7) is 4.69. The number of ether oxygens (including phenoxy) is 2. The third-order valence-electron chi connectivity index (χ3n) is 5.00. The Morgan fingerprint density at radius 2 is 1.87 bits per heavy atom. The summed E-state index contributed by atoms with van der Waals surface area (Å²) in [5, 5.41) is 9.94. The van der Waals surface area contributed by atoms with Crippen LogP contribution in [0.1, 0.15) is 36.1 Å². The van der Waals surface area contributed by atoms with Crippen molar-refractivity contribution >= 4 is 29.0 Å². The molecule has 0 aliphatic carbocycles. The Morgan fingerprint density at radius 3 is 2.52 bits per heavy atom. The molecule has 31 heavy (non-hydrogen) atoms. The van der Waals surface area contributed by atoms with Crippen LogP contribution in [0.15, 0.2) is 48.9 Å². The zero-order valence-electron chi connectivity index (χ0n) is 17.2. The summed E-state index contributed by atoms with van der Waals surface area (Å²) in [7, 11) is 0. The molecule has 6 nitrogen and oxygen atoms in total. The Hall–Kier alpha value is -3.01. The molecular weight excluding hydrogens is 435 g/mol. The van der Waals surface area contributed by atoms with Crippen LogP contribution in [0.3, 0.4) is 0 Å². The van der Waals surface area contributed by atoms with Crippen molar-refractivity contribution in [1.29, 1.82) is 5.26 Å². The standard InChI is InChI=1S/C23H22Cl2N4O2/c1-23(2,18-9-15(11-26)21(20(25)10-18)30-8-7-24)17-3-5-19(6-4-17)31-13-16-12-28-14-29-22(16)27/h3-6,9-10,12,14H,7-8,13H2,1-2H3,(H2,27,28,29). The second-order valence-corrected chi connectivity index (χ2v) is 8.14. The van der Waals surface area contributed by atoms with Crippen molar-refractivity contribution in [3.05, 3.63) is 76.2 Å². The van der Waals surface area contributed by atoms with Crippen LogP contribution < -0.4 is 15.2 Å². The Balaban J connectivity index is 1.81. The average Bonchev–Trinajstić information content (AvgIpc) is 2.77. The smallest absolute Gasteiger partial charge is 0.155 e. The van der Waals surface area contributed by atoms with Gasteiger partial charge in [0.1, 0.15) is 37.2 Å². The van der Waals surface area contributed by atoms with Gasteiger partial charge in [-0.25, -0.2) is 9.97 Å². The highest BCUT2D eigenvalue weighted by molar-refractivity contribution is 6.32. The van der Waals surface area contributed by atoms with Crippen LogP contribution in [0.4, 0.5) is 5.82 Å². The molecule has 0 fully saturated rings. The van der Waals surface area contributed by atoms with Crippen molar-refractivity contribution in [3.8, 4) is 17.6 Å². The molecule has 0 atom stereocenters. The summed E-state index contributed by atoms with van der Waals surface area (Å²) < 4.78 is 11.4. The monoisotopic (exact) mass is 456 g/mol. The number of alkyl halides is 1. The van der Waals surface area contributed by atoms with Crippen molar-refractivity contribution in [2.24, 2.45) is 0 Å². The largest absolute Gasteiger partial charge is 0.489 e. The fourth-order valence-corrected chi connectivity index (χ4v) is 3.45. The summed E-state index contributed by atoms with van der Waals surface area (Å²) in [5.74, 6) is 1.77. The Labute approximate surface area is 191 Å². The molecule has 0 bridgehead atoms. The van der Waals surface area contributed by atoms with Gasteiger partial charge in [-0.1, -0.05) is 37.6 Å². The lowest BCUT2D eigenvalue weighted by atomic mass is 9.77. The number of hydrogen-bond acceptors (Lipinski definition) is 6. The minimum atomic E-state index is -0.406. The van der Waals surface area contributed by atoms with E-state index in [1.807, 2.05) is 30.3 Å². The summed E-state index contributed by atoms with van der Waals surface area (Å²) in [6.07, 6.45) is 3.03. The molecule has 3 rings (SSSR count). The number of halogens is 2. The molecule has 0 spiro atoms. The second-order valence-electron chi connectivity index (χ2n) is 7.36. The second kappa shape index (κ2) is 9.86. The third-order valence-corrected chi connectivity index (χ3v) is 5.44. The van der Waals surface area contributed by atoms with E-state index in [1.54, 1.807) is 12.3 Å². The highest BCUT2D eigenvalue weighted by Gasteiger charge is 2.26. The molecule has 1 aromatic heterocycles. The molecular formula is C23H22Cl2N4O2. The predicted octanol–water partition coefficient (Wildman–Crippen LogP) is 5.11. The third kappa shape index (κ3) is 5.19. The van der Waals surface area contributed by atoms with Crippen LogP contribution in [0.2, 0.25) is 5.02 Å². The van der Waals surface area contributed by atoms with Gasteiger partial charge in [0, 0.05) is 17.2 Å². The average molecular weight is 457 g/mol. The van der Waals surface area contributed by atoms with Crippen LogP contribution >= 0.6 is 23.2 Å². The highest BCUT2D eigenvalue weighted by Crippen LogP contribution is 2.38. The van der Waals surface area contributed by atoms with Gasteiger partial charge in [0.2, 0.25) is 0 Å². The van der Waals surface area contributed by atoms with Gasteiger partial charge >= 0.3 is 0 Å². The molecule has 0 amide bonds. The van der Waals surface area contributed by atoms with Crippen LogP contribution in [-0.2, 0) is 12.0 Å². The van der Waals surface area contributed by atoms with E-state index < -0.39 is 5.41 Å². The van der Waals surface area contributed by atoms with Gasteiger partial charge in [-0.3, -0.25) is 0 Å². The molecule has 0 aliphatic rings. The summed E-state index contributed by atoms with van der Waals surface area (Å²) >= 11 is 12.1. The first-order valence-electron chi connectivity index (χ1n) is 9.57. The number of nitrogens with two attached hydrogens (primary N) is 1. The summed E-state index contributed by atoms with van der Waals surface area (Å²) in [4.78, 5) is 7.91. The quantitative estimate of drug-likeness (QED) is 0.473. The molecule has 0 saturated heterocycles. The topological polar surface area (TPSA) is 94.1 Å². The zero-order valence-corrected chi connectivity index (χ0v) is 18.7. The number of anilines is 1. The van der Waals surface area contributed by atoms with E-state index in [-0.39, 0.29) is 13.2 Å². The first-order valence-corrected chi connectivity index (χ1v) is 10.5. The predicted molar refractivity (Wildman–Crippen MR) is 122 cm³/mol. The fraction of sp³-hybridized carbons (Fsp3) is 0.261. The van der Waals surface area contributed by atoms with E-state index in [9.17, 15) is 5.26 Å². The van der Waals surface area contributed by atoms with Gasteiger partial charge in [0.05, 0.1) is 16.5 Å². The lowest BCUT2D eigenvalue weighted by Crippen LogP contribution is -2.19. The minimum Gasteiger partial charge on any atom is -0.489 e. The van der Waals surface area contributed by atoms with Crippen molar-refractivity contribution < 1.29 is 9.47 Å². The SMILES string of the molecule is CC(C)(c1ccc(OCc2cncnc2N)cc1)c1cc(Cl)c(OCCCl)c(C#N)c1. The van der Waals surface area contributed by atoms with Gasteiger partial charge < -0.3 is 15.2 Å². The van der Waals surface area contributed by atoms with Crippen molar-refractivity contribution in [2.75, 3.05) is 18.2 Å². The Morgan fingerprint density at radius 1 is 1.13 bits per heavy atom. The van der Waals surface area contributed by atoms with Gasteiger partial charge in [-0.2, -0.15) is 5.26 Å². The molecule has 160 valence electrons. The van der Waals surface area contributed by atoms with Crippen LogP contribution in [0, 0.1) is 11.3 Å². The number of nitriles is 1. The number of aromatic nitrogens is 2. The first-order chi connectivity index (χ1) is 14.9. The molecule has 0 radical (unpaired) electrons. The number of nitrogen functional groups attached to an aromatic ring is 1. The molecule has 2 N–H and O–H groups in total. The van der Waals surface area contributed by atoms with Crippen LogP contribution in [0.5, 0.6) is 11.5 Å². The van der Waals surface area contributed by atoms with E-state index in [0.717, 1.165) is 16.7 Å². The maximum atomic E-state index is 9.56. The molecule has 8 heteroatoms. The van der Waals surface area contributed by atoms with E-state index >= 15 is 0 Å². The number of nitrogens with zero attached hydrogens (tertiary/aromatic N) is 3. The van der Waals surface area contributed by atoms with Crippen LogP contribution in [-0.4, -0.2) is 22.5 Å². The van der Waals surface area contributed by atoms with Crippen LogP contribution in [0.25, 0.3) is 0 Å². The number of rotatable bonds is 8. The van der Waals surface area contributed by atoms with Gasteiger partial charge in [0.15, 0.2) is 5.75 Å². The number of hydrogen-bond donors (Lipinski definition) is 1. The van der Waals surface area contributed by atoms with E-state index in [0.29, 0.717) is 33.8 Å². The van der Waals surface area contributed by atoms with E-state index in [2.05, 4.69) is 29.9 Å². The first kappa shape index (κ1) is 22.7. The minimum absolute atomic E-state index is 0.278. The van der Waals surface area contributed by atoms with Crippen molar-refractivity contribution in [2.45, 2.75) is 25.9 Å². The zero-order chi connectivity index (χ0) is 22.4. The lowest BCUT2D eigenvalue weighted by Gasteiger charge is -2.27. The van der Waals surface area contributed by atoms with Crippen molar-refractivity contribution in [3.63, 3.8) is 0 Å².